The van der Waals surface area contributed by atoms with Crippen LogP contribution in [0.15, 0.2) is 0 Å². The molecule has 214 valence electrons. The Morgan fingerprint density at radius 2 is 1.00 bits per heavy atom. The lowest BCUT2D eigenvalue weighted by Gasteiger charge is -2.11. The van der Waals surface area contributed by atoms with Crippen LogP contribution in [0.5, 0.6) is 0 Å². The van der Waals surface area contributed by atoms with Crippen molar-refractivity contribution in [3.8, 4) is 0 Å². The summed E-state index contributed by atoms with van der Waals surface area (Å²) in [6.07, 6.45) is 0.734. The molecule has 0 aromatic carbocycles. The predicted octanol–water partition coefficient (Wildman–Crippen LogP) is 5.54. The third-order valence-corrected chi connectivity index (χ3v) is 5.94. The molecule has 0 saturated heterocycles. The summed E-state index contributed by atoms with van der Waals surface area (Å²) >= 11 is 0. The molecule has 0 aliphatic rings. The Morgan fingerprint density at radius 3 is 1.09 bits per heavy atom. The lowest BCUT2D eigenvalue weighted by molar-refractivity contribution is -0.124. The molecule has 0 aliphatic carbocycles. The minimum Gasteiger partial charge on any atom is -0.354 e. The van der Waals surface area contributed by atoms with Crippen LogP contribution in [0.25, 0.3) is 0 Å². The molecule has 0 bridgehead atoms. The van der Waals surface area contributed by atoms with Crippen LogP contribution in [-0.4, -0.2) is 49.5 Å². The van der Waals surface area contributed by atoms with Gasteiger partial charge in [0.1, 0.15) is 5.78 Å². The molecule has 3 N–H and O–H groups in total. The average molecular weight is 524 g/mol. The molecular formula is C27H61N3O4S. The second-order valence-electron chi connectivity index (χ2n) is 11.4. The van der Waals surface area contributed by atoms with Gasteiger partial charge >= 0.3 is 0 Å². The Kier molecular flexibility index (Phi) is 26.1. The monoisotopic (exact) mass is 523 g/mol. The first kappa shape index (κ1) is 41.1. The molecule has 1 amide bonds. The highest BCUT2D eigenvalue weighted by molar-refractivity contribution is 7.90. The average Bonchev–Trinajstić information content (AvgIpc) is 2.59. The van der Waals surface area contributed by atoms with Crippen molar-refractivity contribution in [1.82, 2.24) is 15.4 Å². The van der Waals surface area contributed by atoms with Crippen LogP contribution in [0.3, 0.4) is 0 Å². The summed E-state index contributed by atoms with van der Waals surface area (Å²) in [7, 11) is -3.05. The van der Waals surface area contributed by atoms with Crippen LogP contribution in [0.2, 0.25) is 0 Å². The Balaban J connectivity index is -0.000000184. The van der Waals surface area contributed by atoms with Crippen molar-refractivity contribution in [1.29, 1.82) is 0 Å². The summed E-state index contributed by atoms with van der Waals surface area (Å²) in [5.41, 5.74) is 0. The number of amides is 1. The maximum Gasteiger partial charge on any atom is 0.222 e. The number of Topliss-reactive ketones (excluding diaryl/α,β-unsaturated/α-hetero) is 1. The van der Waals surface area contributed by atoms with Gasteiger partial charge in [0.25, 0.3) is 0 Å². The largest absolute Gasteiger partial charge is 0.354 e. The first-order valence-corrected chi connectivity index (χ1v) is 14.7. The summed E-state index contributed by atoms with van der Waals surface area (Å²) in [5, 5.41) is 5.77. The summed E-state index contributed by atoms with van der Waals surface area (Å²) in [6, 6.07) is 1.51. The van der Waals surface area contributed by atoms with Crippen LogP contribution in [-0.2, 0) is 19.6 Å². The number of hydrogen-bond donors (Lipinski definition) is 3. The highest BCUT2D eigenvalue weighted by atomic mass is 32.2. The predicted molar refractivity (Wildman–Crippen MR) is 153 cm³/mol. The fourth-order valence-corrected chi connectivity index (χ4v) is 3.15. The van der Waals surface area contributed by atoms with Crippen molar-refractivity contribution in [3.63, 3.8) is 0 Å². The van der Waals surface area contributed by atoms with E-state index in [9.17, 15) is 18.0 Å². The van der Waals surface area contributed by atoms with Gasteiger partial charge in [0.05, 0.1) is 5.25 Å². The SMILES string of the molecule is CC(C)CC(=O)C(C)C.CC(C)NC(=O)C(C)C.CC(C)NC(C)C.CC(C)NS(=O)(=O)C(C)C. The standard InChI is InChI=1S/C8H16O.C7H15NO.C6H15NO2S.C6H15N/c1-6(2)5-8(9)7(3)4;1-5(2)7(9)8-6(3)4;1-5(2)7-10(8,9)6(3)4;1-5(2)7-6(3)4/h6-7H,5H2,1-4H3;5-6H,1-4H3,(H,8,9);5-7H,1-4H3;5-7H,1-4H3. The van der Waals surface area contributed by atoms with E-state index in [1.807, 2.05) is 41.5 Å². The van der Waals surface area contributed by atoms with Gasteiger partial charge in [-0.25, -0.2) is 13.1 Å². The second-order valence-corrected chi connectivity index (χ2v) is 13.6. The van der Waals surface area contributed by atoms with Crippen molar-refractivity contribution in [2.75, 3.05) is 0 Å². The topological polar surface area (TPSA) is 104 Å². The van der Waals surface area contributed by atoms with E-state index < -0.39 is 10.0 Å². The molecule has 0 atom stereocenters. The summed E-state index contributed by atoms with van der Waals surface area (Å²) in [5.74, 6) is 1.34. The molecule has 35 heavy (non-hydrogen) atoms. The second kappa shape index (κ2) is 22.2. The van der Waals surface area contributed by atoms with Crippen molar-refractivity contribution < 1.29 is 18.0 Å². The van der Waals surface area contributed by atoms with Gasteiger partial charge in [-0.05, 0) is 47.5 Å². The number of carbonyl (C=O) groups is 2. The molecule has 0 heterocycles. The first-order chi connectivity index (χ1) is 15.6. The number of hydrogen-bond acceptors (Lipinski definition) is 5. The van der Waals surface area contributed by atoms with Gasteiger partial charge in [-0.3, -0.25) is 9.59 Å². The molecule has 0 fully saturated rings. The zero-order valence-electron chi connectivity index (χ0n) is 25.9. The molecule has 8 heteroatoms. The number of nitrogens with one attached hydrogen (secondary N) is 3. The number of ketones is 1. The van der Waals surface area contributed by atoms with E-state index >= 15 is 0 Å². The Bertz CT molecular complexity index is 592. The van der Waals surface area contributed by atoms with Crippen LogP contribution in [0.1, 0.15) is 117 Å². The molecule has 0 spiro atoms. The van der Waals surface area contributed by atoms with E-state index in [1.54, 1.807) is 27.7 Å². The highest BCUT2D eigenvalue weighted by Crippen LogP contribution is 2.06. The third-order valence-electron chi connectivity index (χ3n) is 3.90. The fraction of sp³-hybridized carbons (Fsp3) is 0.926. The smallest absolute Gasteiger partial charge is 0.222 e. The van der Waals surface area contributed by atoms with Crippen LogP contribution in [0, 0.1) is 17.8 Å². The molecule has 0 aromatic heterocycles. The van der Waals surface area contributed by atoms with Crippen molar-refractivity contribution >= 4 is 21.7 Å². The molecule has 0 radical (unpaired) electrons. The molecule has 0 aliphatic heterocycles. The maximum atomic E-state index is 11.0. The number of carbonyl (C=O) groups excluding carboxylic acids is 2. The van der Waals surface area contributed by atoms with Gasteiger partial charge in [-0.1, -0.05) is 69.2 Å². The zero-order chi connectivity index (χ0) is 29.1. The van der Waals surface area contributed by atoms with E-state index in [4.69, 9.17) is 0 Å². The number of rotatable bonds is 10. The molecular weight excluding hydrogens is 462 g/mol. The summed E-state index contributed by atoms with van der Waals surface area (Å²) in [6.45, 7) is 31.3. The normalized spacial score (nSPS) is 11.4. The minimum absolute atomic E-state index is 0.00704. The van der Waals surface area contributed by atoms with E-state index in [0.29, 0.717) is 23.8 Å². The summed E-state index contributed by atoms with van der Waals surface area (Å²) < 4.78 is 24.6. The molecule has 7 nitrogen and oxygen atoms in total. The van der Waals surface area contributed by atoms with Gasteiger partial charge in [0.15, 0.2) is 0 Å². The van der Waals surface area contributed by atoms with Gasteiger partial charge in [-0.15, -0.1) is 0 Å². The first-order valence-electron chi connectivity index (χ1n) is 13.2. The maximum absolute atomic E-state index is 11.0. The fourth-order valence-electron chi connectivity index (χ4n) is 2.22. The molecule has 0 unspecified atom stereocenters. The lowest BCUT2D eigenvalue weighted by atomic mass is 9.99. The highest BCUT2D eigenvalue weighted by Gasteiger charge is 2.15. The van der Waals surface area contributed by atoms with Gasteiger partial charge in [0, 0.05) is 42.4 Å². The van der Waals surface area contributed by atoms with Crippen molar-refractivity contribution in [2.45, 2.75) is 147 Å². The van der Waals surface area contributed by atoms with Gasteiger partial charge in [-0.2, -0.15) is 0 Å². The zero-order valence-corrected chi connectivity index (χ0v) is 26.7. The van der Waals surface area contributed by atoms with Gasteiger partial charge in [0.2, 0.25) is 15.9 Å². The third kappa shape index (κ3) is 35.2. The minimum atomic E-state index is -3.05. The quantitative estimate of drug-likeness (QED) is 0.349. The van der Waals surface area contributed by atoms with Crippen molar-refractivity contribution in [2.24, 2.45) is 17.8 Å². The van der Waals surface area contributed by atoms with Crippen LogP contribution in [0.4, 0.5) is 0 Å². The molecule has 0 rings (SSSR count). The Labute approximate surface area is 219 Å². The van der Waals surface area contributed by atoms with Gasteiger partial charge < -0.3 is 10.6 Å². The van der Waals surface area contributed by atoms with Crippen molar-refractivity contribution in [3.05, 3.63) is 0 Å². The Hall–Kier alpha value is -0.990. The van der Waals surface area contributed by atoms with E-state index in [2.05, 4.69) is 56.9 Å². The summed E-state index contributed by atoms with van der Waals surface area (Å²) in [4.78, 5) is 21.8. The van der Waals surface area contributed by atoms with E-state index in [0.717, 1.165) is 6.42 Å². The number of sulfonamides is 1. The lowest BCUT2D eigenvalue weighted by Crippen LogP contribution is -2.35. The Morgan fingerprint density at radius 1 is 0.600 bits per heavy atom. The molecule has 0 aromatic rings. The van der Waals surface area contributed by atoms with E-state index in [-0.39, 0.29) is 35.1 Å². The molecule has 0 saturated carbocycles. The van der Waals surface area contributed by atoms with Crippen LogP contribution >= 0.6 is 0 Å². The van der Waals surface area contributed by atoms with E-state index in [1.165, 1.54) is 0 Å². The van der Waals surface area contributed by atoms with Crippen LogP contribution < -0.4 is 15.4 Å².